The number of anilines is 2. The molecule has 148 valence electrons. The molecule has 7 nitrogen and oxygen atoms in total. The third kappa shape index (κ3) is 4.44. The average Bonchev–Trinajstić information content (AvgIpc) is 3.25. The van der Waals surface area contributed by atoms with E-state index >= 15 is 0 Å². The summed E-state index contributed by atoms with van der Waals surface area (Å²) in [5.74, 6) is -0.683. The molecule has 1 saturated heterocycles. The van der Waals surface area contributed by atoms with Crippen LogP contribution in [0.5, 0.6) is 0 Å². The molecule has 0 spiro atoms. The summed E-state index contributed by atoms with van der Waals surface area (Å²) < 4.78 is 5.37. The van der Waals surface area contributed by atoms with Crippen LogP contribution in [0.25, 0.3) is 10.6 Å². The van der Waals surface area contributed by atoms with Gasteiger partial charge in [0.15, 0.2) is 0 Å². The first-order valence-corrected chi connectivity index (χ1v) is 10.0. The maximum Gasteiger partial charge on any atom is 0.267 e. The number of nitrogens with two attached hydrogens (primary N) is 1. The molecule has 2 amide bonds. The van der Waals surface area contributed by atoms with Gasteiger partial charge in [-0.1, -0.05) is 12.1 Å². The standard InChI is InChI=1S/C21H20N4O3S/c22-19(26)14-1-3-15(4-2-14)21-23-13-18(29-21)20(27)24-16-5-7-17(8-6-16)25-9-11-28-12-10-25/h1-8,13H,9-12H2,(H2,22,26)(H,24,27). The molecule has 1 aliphatic rings. The number of nitrogens with zero attached hydrogens (tertiary/aromatic N) is 2. The Labute approximate surface area is 172 Å². The molecule has 0 saturated carbocycles. The molecule has 4 rings (SSSR count). The van der Waals surface area contributed by atoms with Gasteiger partial charge in [-0.25, -0.2) is 4.98 Å². The lowest BCUT2D eigenvalue weighted by Crippen LogP contribution is -2.36. The SMILES string of the molecule is NC(=O)c1ccc(-c2ncc(C(=O)Nc3ccc(N4CCOCC4)cc3)s2)cc1. The van der Waals surface area contributed by atoms with Gasteiger partial charge in [0.25, 0.3) is 5.91 Å². The number of hydrogen-bond acceptors (Lipinski definition) is 6. The summed E-state index contributed by atoms with van der Waals surface area (Å²) in [4.78, 5) is 30.8. The molecular weight excluding hydrogens is 388 g/mol. The highest BCUT2D eigenvalue weighted by molar-refractivity contribution is 7.17. The first-order valence-electron chi connectivity index (χ1n) is 9.20. The summed E-state index contributed by atoms with van der Waals surface area (Å²) in [6.07, 6.45) is 1.55. The van der Waals surface area contributed by atoms with Crippen LogP contribution >= 0.6 is 11.3 Å². The summed E-state index contributed by atoms with van der Waals surface area (Å²) in [5, 5.41) is 3.61. The van der Waals surface area contributed by atoms with Gasteiger partial charge in [-0.3, -0.25) is 9.59 Å². The number of thiazole rings is 1. The Kier molecular flexibility index (Phi) is 5.55. The van der Waals surface area contributed by atoms with E-state index in [9.17, 15) is 9.59 Å². The molecule has 2 aromatic carbocycles. The molecule has 3 N–H and O–H groups in total. The van der Waals surface area contributed by atoms with Crippen molar-refractivity contribution in [2.75, 3.05) is 36.5 Å². The van der Waals surface area contributed by atoms with Crippen LogP contribution in [0.4, 0.5) is 11.4 Å². The Hall–Kier alpha value is -3.23. The van der Waals surface area contributed by atoms with Gasteiger partial charge in [-0.2, -0.15) is 0 Å². The molecular formula is C21H20N4O3S. The van der Waals surface area contributed by atoms with Crippen LogP contribution in [-0.2, 0) is 4.74 Å². The number of morpholine rings is 1. The Bertz CT molecular complexity index is 1010. The number of aromatic nitrogens is 1. The number of ether oxygens (including phenoxy) is 1. The molecule has 0 unspecified atom stereocenters. The van der Waals surface area contributed by atoms with Crippen LogP contribution in [-0.4, -0.2) is 43.1 Å². The largest absolute Gasteiger partial charge is 0.378 e. The Morgan fingerprint density at radius 3 is 2.38 bits per heavy atom. The number of nitrogens with one attached hydrogen (secondary N) is 1. The van der Waals surface area contributed by atoms with E-state index in [1.54, 1.807) is 30.5 Å². The van der Waals surface area contributed by atoms with Crippen molar-refractivity contribution in [3.8, 4) is 10.6 Å². The van der Waals surface area contributed by atoms with Crippen molar-refractivity contribution in [1.82, 2.24) is 4.98 Å². The summed E-state index contributed by atoms with van der Waals surface area (Å²) >= 11 is 1.29. The van der Waals surface area contributed by atoms with Crippen molar-refractivity contribution >= 4 is 34.5 Å². The summed E-state index contributed by atoms with van der Waals surface area (Å²) in [6, 6.07) is 14.6. The zero-order chi connectivity index (χ0) is 20.2. The minimum Gasteiger partial charge on any atom is -0.378 e. The Balaban J connectivity index is 1.42. The van der Waals surface area contributed by atoms with Gasteiger partial charge in [-0.05, 0) is 36.4 Å². The summed E-state index contributed by atoms with van der Waals surface area (Å²) in [6.45, 7) is 3.21. The number of benzene rings is 2. The monoisotopic (exact) mass is 408 g/mol. The van der Waals surface area contributed by atoms with Crippen molar-refractivity contribution in [2.45, 2.75) is 0 Å². The van der Waals surface area contributed by atoms with Crippen LogP contribution in [0.2, 0.25) is 0 Å². The first-order chi connectivity index (χ1) is 14.1. The van der Waals surface area contributed by atoms with E-state index in [4.69, 9.17) is 10.5 Å². The van der Waals surface area contributed by atoms with Gasteiger partial charge in [0.2, 0.25) is 5.91 Å². The van der Waals surface area contributed by atoms with Crippen LogP contribution in [0.15, 0.2) is 54.7 Å². The molecule has 1 fully saturated rings. The maximum atomic E-state index is 12.6. The Morgan fingerprint density at radius 2 is 1.72 bits per heavy atom. The molecule has 1 aromatic heterocycles. The zero-order valence-corrected chi connectivity index (χ0v) is 16.4. The fourth-order valence-corrected chi connectivity index (χ4v) is 3.88. The van der Waals surface area contributed by atoms with Crippen molar-refractivity contribution in [3.63, 3.8) is 0 Å². The van der Waals surface area contributed by atoms with Crippen molar-refractivity contribution in [1.29, 1.82) is 0 Å². The highest BCUT2D eigenvalue weighted by Crippen LogP contribution is 2.26. The van der Waals surface area contributed by atoms with Crippen LogP contribution in [0.1, 0.15) is 20.0 Å². The van der Waals surface area contributed by atoms with E-state index in [0.717, 1.165) is 43.2 Å². The maximum absolute atomic E-state index is 12.6. The quantitative estimate of drug-likeness (QED) is 0.676. The number of amides is 2. The fourth-order valence-electron chi connectivity index (χ4n) is 3.06. The van der Waals surface area contributed by atoms with E-state index < -0.39 is 5.91 Å². The second kappa shape index (κ2) is 8.42. The molecule has 0 aliphatic carbocycles. The molecule has 0 radical (unpaired) electrons. The lowest BCUT2D eigenvalue weighted by molar-refractivity contribution is 0.0998. The van der Waals surface area contributed by atoms with Crippen molar-refractivity contribution in [3.05, 3.63) is 65.2 Å². The zero-order valence-electron chi connectivity index (χ0n) is 15.6. The van der Waals surface area contributed by atoms with E-state index in [0.29, 0.717) is 15.4 Å². The number of hydrogen-bond donors (Lipinski definition) is 2. The van der Waals surface area contributed by atoms with E-state index in [1.165, 1.54) is 11.3 Å². The highest BCUT2D eigenvalue weighted by atomic mass is 32.1. The first kappa shape index (κ1) is 19.1. The van der Waals surface area contributed by atoms with Gasteiger partial charge >= 0.3 is 0 Å². The van der Waals surface area contributed by atoms with Crippen LogP contribution in [0, 0.1) is 0 Å². The van der Waals surface area contributed by atoms with Crippen molar-refractivity contribution < 1.29 is 14.3 Å². The summed E-state index contributed by atoms with van der Waals surface area (Å²) in [7, 11) is 0. The molecule has 8 heteroatoms. The van der Waals surface area contributed by atoms with E-state index in [-0.39, 0.29) is 5.91 Å². The molecule has 0 atom stereocenters. The normalized spacial score (nSPS) is 13.9. The number of rotatable bonds is 5. The predicted octanol–water partition coefficient (Wildman–Crippen LogP) is 3.00. The molecule has 2 heterocycles. The average molecular weight is 408 g/mol. The lowest BCUT2D eigenvalue weighted by Gasteiger charge is -2.28. The van der Waals surface area contributed by atoms with Gasteiger partial charge in [0, 0.05) is 35.6 Å². The van der Waals surface area contributed by atoms with Crippen molar-refractivity contribution in [2.24, 2.45) is 5.73 Å². The van der Waals surface area contributed by atoms with E-state index in [2.05, 4.69) is 15.2 Å². The third-order valence-electron chi connectivity index (χ3n) is 4.65. The number of carbonyl (C=O) groups is 2. The van der Waals surface area contributed by atoms with Gasteiger partial charge in [-0.15, -0.1) is 11.3 Å². The van der Waals surface area contributed by atoms with Gasteiger partial charge in [0.1, 0.15) is 9.88 Å². The number of primary amides is 1. The highest BCUT2D eigenvalue weighted by Gasteiger charge is 2.14. The fraction of sp³-hybridized carbons (Fsp3) is 0.190. The molecule has 3 aromatic rings. The second-order valence-corrected chi connectivity index (χ2v) is 7.60. The van der Waals surface area contributed by atoms with Gasteiger partial charge in [0.05, 0.1) is 19.4 Å². The predicted molar refractivity (Wildman–Crippen MR) is 113 cm³/mol. The molecule has 1 aliphatic heterocycles. The molecule has 29 heavy (non-hydrogen) atoms. The van der Waals surface area contributed by atoms with Gasteiger partial charge < -0.3 is 20.7 Å². The minimum absolute atomic E-state index is 0.207. The molecule has 0 bridgehead atoms. The summed E-state index contributed by atoms with van der Waals surface area (Å²) in [5.41, 5.74) is 8.37. The van der Waals surface area contributed by atoms with Crippen LogP contribution in [0.3, 0.4) is 0 Å². The topological polar surface area (TPSA) is 97.6 Å². The minimum atomic E-state index is -0.476. The smallest absolute Gasteiger partial charge is 0.267 e. The third-order valence-corrected chi connectivity index (χ3v) is 5.69. The van der Waals surface area contributed by atoms with Crippen LogP contribution < -0.4 is 16.0 Å². The number of carbonyl (C=O) groups excluding carboxylic acids is 2. The lowest BCUT2D eigenvalue weighted by atomic mass is 10.1. The Morgan fingerprint density at radius 1 is 1.03 bits per heavy atom. The van der Waals surface area contributed by atoms with E-state index in [1.807, 2.05) is 24.3 Å². The second-order valence-electron chi connectivity index (χ2n) is 6.57.